The van der Waals surface area contributed by atoms with E-state index in [2.05, 4.69) is 11.6 Å². The van der Waals surface area contributed by atoms with Gasteiger partial charge in [0.2, 0.25) is 0 Å². The molecule has 0 heterocycles. The van der Waals surface area contributed by atoms with Gasteiger partial charge in [0, 0.05) is 0 Å². The highest BCUT2D eigenvalue weighted by atomic mass is 32.2. The van der Waals surface area contributed by atoms with Crippen molar-refractivity contribution in [3.63, 3.8) is 0 Å². The number of hydrogen-bond acceptors (Lipinski definition) is 3. The van der Waals surface area contributed by atoms with E-state index in [-0.39, 0.29) is 12.4 Å². The number of carbonyl (C=O) groups excluding carboxylic acids is 1. The van der Waals surface area contributed by atoms with E-state index < -0.39 is 21.3 Å². The summed E-state index contributed by atoms with van der Waals surface area (Å²) in [5.74, 6) is -0.302. The van der Waals surface area contributed by atoms with E-state index >= 15 is 0 Å². The molecule has 1 aromatic rings. The van der Waals surface area contributed by atoms with E-state index in [1.165, 1.54) is 7.11 Å². The highest BCUT2D eigenvalue weighted by Gasteiger charge is 2.38. The van der Waals surface area contributed by atoms with Gasteiger partial charge in [-0.25, -0.2) is 8.93 Å². The van der Waals surface area contributed by atoms with Crippen molar-refractivity contribution in [3.05, 3.63) is 35.9 Å². The monoisotopic (exact) mass is 339 g/mol. The summed E-state index contributed by atoms with van der Waals surface area (Å²) in [6.07, 6.45) is 2.82. The molecule has 1 N–H and O–H groups in total. The molecule has 130 valence electrons. The van der Waals surface area contributed by atoms with E-state index in [0.29, 0.717) is 0 Å². The summed E-state index contributed by atoms with van der Waals surface area (Å²) in [5, 5.41) is 0. The number of ether oxygens (including phenoxy) is 1. The van der Waals surface area contributed by atoms with E-state index in [0.717, 1.165) is 24.8 Å². The number of nitrogens with one attached hydrogen (secondary N) is 1. The first-order valence-corrected chi connectivity index (χ1v) is 9.22. The van der Waals surface area contributed by atoms with Crippen molar-refractivity contribution in [2.75, 3.05) is 7.11 Å². The molecule has 1 aromatic carbocycles. The molecule has 0 aliphatic carbocycles. The Labute approximate surface area is 142 Å². The Hall–Kier alpha value is -1.20. The molecule has 0 spiro atoms. The second-order valence-corrected chi connectivity index (χ2v) is 8.75. The zero-order valence-electron chi connectivity index (χ0n) is 14.8. The van der Waals surface area contributed by atoms with Crippen LogP contribution in [0.4, 0.5) is 0 Å². The molecule has 0 radical (unpaired) electrons. The van der Waals surface area contributed by atoms with Crippen molar-refractivity contribution < 1.29 is 13.7 Å². The van der Waals surface area contributed by atoms with Crippen molar-refractivity contribution in [1.29, 1.82) is 0 Å². The minimum atomic E-state index is -1.29. The van der Waals surface area contributed by atoms with Gasteiger partial charge < -0.3 is 4.74 Å². The normalized spacial score (nSPS) is 15.7. The van der Waals surface area contributed by atoms with Gasteiger partial charge >= 0.3 is 5.97 Å². The lowest BCUT2D eigenvalue weighted by atomic mass is 9.83. The van der Waals surface area contributed by atoms with Crippen LogP contribution in [0.1, 0.15) is 58.9 Å². The average molecular weight is 340 g/mol. The minimum absolute atomic E-state index is 0.162. The van der Waals surface area contributed by atoms with Gasteiger partial charge in [0.05, 0.1) is 34.8 Å². The maximum Gasteiger partial charge on any atom is 0.307 e. The maximum absolute atomic E-state index is 12.7. The zero-order chi connectivity index (χ0) is 17.5. The second-order valence-electron chi connectivity index (χ2n) is 6.79. The smallest absolute Gasteiger partial charge is 0.307 e. The molecule has 0 aromatic heterocycles. The molecule has 0 saturated carbocycles. The summed E-state index contributed by atoms with van der Waals surface area (Å²) in [6, 6.07) is 9.77. The number of benzene rings is 1. The van der Waals surface area contributed by atoms with Crippen molar-refractivity contribution >= 4 is 17.0 Å². The zero-order valence-corrected chi connectivity index (χ0v) is 15.7. The molecule has 1 rings (SSSR count). The lowest BCUT2D eigenvalue weighted by Crippen LogP contribution is -2.49. The van der Waals surface area contributed by atoms with Gasteiger partial charge in [-0.05, 0) is 32.8 Å². The minimum Gasteiger partial charge on any atom is -0.469 e. The van der Waals surface area contributed by atoms with Crippen LogP contribution in [0.15, 0.2) is 30.3 Å². The van der Waals surface area contributed by atoms with Crippen LogP contribution in [-0.2, 0) is 26.1 Å². The summed E-state index contributed by atoms with van der Waals surface area (Å²) >= 11 is 0. The molecule has 2 atom stereocenters. The van der Waals surface area contributed by atoms with Crippen LogP contribution in [0.3, 0.4) is 0 Å². The number of methoxy groups -OCH3 is 1. The van der Waals surface area contributed by atoms with Gasteiger partial charge in [0.25, 0.3) is 0 Å². The number of hydrogen-bond donors (Lipinski definition) is 1. The first kappa shape index (κ1) is 19.8. The van der Waals surface area contributed by atoms with Crippen LogP contribution in [0.2, 0.25) is 0 Å². The van der Waals surface area contributed by atoms with E-state index in [1.807, 2.05) is 51.1 Å². The molecule has 5 heteroatoms. The average Bonchev–Trinajstić information content (AvgIpc) is 2.52. The van der Waals surface area contributed by atoms with Gasteiger partial charge in [-0.3, -0.25) is 4.79 Å². The number of rotatable bonds is 8. The summed E-state index contributed by atoms with van der Waals surface area (Å²) in [6.45, 7) is 7.87. The lowest BCUT2D eigenvalue weighted by molar-refractivity contribution is -0.142. The molecule has 23 heavy (non-hydrogen) atoms. The molecule has 0 amide bonds. The molecule has 0 bridgehead atoms. The van der Waals surface area contributed by atoms with Crippen molar-refractivity contribution in [2.24, 2.45) is 0 Å². The molecule has 2 unspecified atom stereocenters. The third kappa shape index (κ3) is 5.74. The van der Waals surface area contributed by atoms with Gasteiger partial charge in [-0.15, -0.1) is 0 Å². The maximum atomic E-state index is 12.7. The second kappa shape index (κ2) is 8.60. The van der Waals surface area contributed by atoms with E-state index in [9.17, 15) is 9.00 Å². The van der Waals surface area contributed by atoms with E-state index in [1.54, 1.807) is 0 Å². The third-order valence-corrected chi connectivity index (χ3v) is 5.49. The standard InChI is InChI=1S/C18H29NO3S/c1-6-7-13-18(14-16(20)22-5,15-11-9-8-10-12-15)19-23(21)17(2,3)4/h8-12,19H,6-7,13-14H2,1-5H3. The predicted octanol–water partition coefficient (Wildman–Crippen LogP) is 3.69. The third-order valence-electron chi connectivity index (χ3n) is 3.80. The Balaban J connectivity index is 3.27. The Morgan fingerprint density at radius 1 is 1.22 bits per heavy atom. The van der Waals surface area contributed by atoms with Gasteiger partial charge in [0.1, 0.15) is 0 Å². The van der Waals surface area contributed by atoms with Gasteiger partial charge in [-0.1, -0.05) is 50.1 Å². The SMILES string of the molecule is CCCCC(CC(=O)OC)(NS(=O)C(C)(C)C)c1ccccc1. The fourth-order valence-corrected chi connectivity index (χ4v) is 3.32. The Bertz CT molecular complexity index is 525. The summed E-state index contributed by atoms with van der Waals surface area (Å²) in [7, 11) is 0.101. The van der Waals surface area contributed by atoms with Gasteiger partial charge in [0.15, 0.2) is 0 Å². The van der Waals surface area contributed by atoms with Crippen LogP contribution < -0.4 is 4.72 Å². The molecule has 0 aliphatic rings. The topological polar surface area (TPSA) is 55.4 Å². The van der Waals surface area contributed by atoms with Crippen LogP contribution >= 0.6 is 0 Å². The quantitative estimate of drug-likeness (QED) is 0.735. The fourth-order valence-electron chi connectivity index (χ4n) is 2.37. The van der Waals surface area contributed by atoms with Crippen molar-refractivity contribution in [1.82, 2.24) is 4.72 Å². The number of carbonyl (C=O) groups is 1. The highest BCUT2D eigenvalue weighted by molar-refractivity contribution is 7.84. The van der Waals surface area contributed by atoms with Crippen LogP contribution in [0.25, 0.3) is 0 Å². The van der Waals surface area contributed by atoms with Crippen molar-refractivity contribution in [3.8, 4) is 0 Å². The Kier molecular flexibility index (Phi) is 7.42. The molecular formula is C18H29NO3S. The van der Waals surface area contributed by atoms with E-state index in [4.69, 9.17) is 4.74 Å². The Morgan fingerprint density at radius 3 is 2.30 bits per heavy atom. The number of esters is 1. The van der Waals surface area contributed by atoms with Crippen LogP contribution in [0, 0.1) is 0 Å². The molecular weight excluding hydrogens is 310 g/mol. The first-order valence-electron chi connectivity index (χ1n) is 8.07. The number of unbranched alkanes of at least 4 members (excludes halogenated alkanes) is 1. The van der Waals surface area contributed by atoms with Crippen LogP contribution in [-0.4, -0.2) is 22.0 Å². The Morgan fingerprint density at radius 2 is 1.83 bits per heavy atom. The molecule has 0 saturated heterocycles. The fraction of sp³-hybridized carbons (Fsp3) is 0.611. The van der Waals surface area contributed by atoms with Gasteiger partial charge in [-0.2, -0.15) is 0 Å². The summed E-state index contributed by atoms with van der Waals surface area (Å²) < 4.78 is 20.5. The summed E-state index contributed by atoms with van der Waals surface area (Å²) in [4.78, 5) is 12.0. The lowest BCUT2D eigenvalue weighted by Gasteiger charge is -2.36. The molecule has 4 nitrogen and oxygen atoms in total. The highest BCUT2D eigenvalue weighted by Crippen LogP contribution is 2.33. The predicted molar refractivity (Wildman–Crippen MR) is 95.3 cm³/mol. The molecule has 0 aliphatic heterocycles. The summed E-state index contributed by atoms with van der Waals surface area (Å²) in [5.41, 5.74) is 0.291. The van der Waals surface area contributed by atoms with Crippen molar-refractivity contribution in [2.45, 2.75) is 63.7 Å². The molecule has 0 fully saturated rings. The van der Waals surface area contributed by atoms with Crippen LogP contribution in [0.5, 0.6) is 0 Å². The largest absolute Gasteiger partial charge is 0.469 e. The first-order chi connectivity index (χ1) is 10.7.